The van der Waals surface area contributed by atoms with Gasteiger partial charge in [0.25, 0.3) is 0 Å². The number of phenols is 1. The molecule has 0 aromatic heterocycles. The third kappa shape index (κ3) is 12.7. The highest BCUT2D eigenvalue weighted by atomic mass is 32.2. The van der Waals surface area contributed by atoms with E-state index in [1.807, 2.05) is 72.8 Å². The van der Waals surface area contributed by atoms with Gasteiger partial charge in [0.2, 0.25) is 9.84 Å². The predicted molar refractivity (Wildman–Crippen MR) is 253 cm³/mol. The Morgan fingerprint density at radius 2 is 0.806 bits per heavy atom. The van der Waals surface area contributed by atoms with Crippen LogP contribution in [-0.4, -0.2) is 95.9 Å². The summed E-state index contributed by atoms with van der Waals surface area (Å²) in [5.74, 6) is 3.26. The summed E-state index contributed by atoms with van der Waals surface area (Å²) in [7, 11) is -3.81. The number of hydrogen-bond donors (Lipinski definition) is 2. The molecule has 0 amide bonds. The smallest absolute Gasteiger partial charge is 0.206 e. The van der Waals surface area contributed by atoms with E-state index < -0.39 is 22.0 Å². The molecule has 13 heteroatoms. The summed E-state index contributed by atoms with van der Waals surface area (Å²) < 4.78 is 73.0. The Labute approximate surface area is 392 Å². The Bertz CT molecular complexity index is 2610. The van der Waals surface area contributed by atoms with Crippen LogP contribution in [0, 0.1) is 0 Å². The average molecular weight is 931 g/mol. The third-order valence-electron chi connectivity index (χ3n) is 12.1. The van der Waals surface area contributed by atoms with Crippen molar-refractivity contribution in [1.82, 2.24) is 0 Å². The summed E-state index contributed by atoms with van der Waals surface area (Å²) in [6.45, 7) is 11.4. The van der Waals surface area contributed by atoms with E-state index in [2.05, 4.69) is 52.0 Å². The molecule has 6 aromatic rings. The van der Waals surface area contributed by atoms with Gasteiger partial charge in [0.05, 0.1) is 29.6 Å². The molecule has 0 spiro atoms. The summed E-state index contributed by atoms with van der Waals surface area (Å²) in [6.07, 6.45) is -1.20. The van der Waals surface area contributed by atoms with Gasteiger partial charge in [-0.05, 0) is 119 Å². The van der Waals surface area contributed by atoms with Gasteiger partial charge in [0.15, 0.2) is 0 Å². The van der Waals surface area contributed by atoms with Crippen molar-refractivity contribution in [2.75, 3.05) is 52.9 Å². The average Bonchev–Trinajstić information content (AvgIpc) is 4.30. The van der Waals surface area contributed by atoms with Gasteiger partial charge in [-0.15, -0.1) is 0 Å². The maximum Gasteiger partial charge on any atom is 0.206 e. The van der Waals surface area contributed by atoms with Gasteiger partial charge in [-0.3, -0.25) is 0 Å². The van der Waals surface area contributed by atoms with Gasteiger partial charge in [-0.2, -0.15) is 0 Å². The summed E-state index contributed by atoms with van der Waals surface area (Å²) in [6, 6.07) is 43.5. The molecule has 352 valence electrons. The van der Waals surface area contributed by atoms with Crippen molar-refractivity contribution in [3.05, 3.63) is 168 Å². The highest BCUT2D eigenvalue weighted by Crippen LogP contribution is 2.35. The lowest BCUT2D eigenvalue weighted by Gasteiger charge is -2.27. The third-order valence-corrected chi connectivity index (χ3v) is 13.9. The van der Waals surface area contributed by atoms with Gasteiger partial charge in [-0.1, -0.05) is 76.2 Å². The van der Waals surface area contributed by atoms with Crippen molar-refractivity contribution in [2.24, 2.45) is 0 Å². The Kier molecular flexibility index (Phi) is 14.7. The van der Waals surface area contributed by atoms with Crippen LogP contribution in [0.4, 0.5) is 0 Å². The van der Waals surface area contributed by atoms with Crippen molar-refractivity contribution in [3.63, 3.8) is 0 Å². The number of ether oxygens (including phenoxy) is 8. The number of aliphatic hydroxyl groups is 1. The highest BCUT2D eigenvalue weighted by Gasteiger charge is 2.27. The van der Waals surface area contributed by atoms with Crippen LogP contribution in [0.2, 0.25) is 0 Å². The molecule has 4 atom stereocenters. The largest absolute Gasteiger partial charge is 0.508 e. The zero-order valence-electron chi connectivity index (χ0n) is 38.2. The van der Waals surface area contributed by atoms with Gasteiger partial charge >= 0.3 is 0 Å². The monoisotopic (exact) mass is 930 g/mol. The summed E-state index contributed by atoms with van der Waals surface area (Å²) in [4.78, 5) is 0.143. The number of benzene rings is 6. The SMILES string of the molecule is CC(C)(c1ccc(OCC(O)COC(COc2ccc(C(C)(C)c3ccc(OCC4CO4)cc3)cc2)COc2ccc(S(=O)(=O)c3ccc(O)cc3)cc2)cc1)c1ccc(OCC2CO2)cc1. The molecule has 2 saturated heterocycles. The van der Waals surface area contributed by atoms with Crippen molar-refractivity contribution in [1.29, 1.82) is 0 Å². The molecule has 6 aromatic carbocycles. The molecule has 67 heavy (non-hydrogen) atoms. The molecule has 2 fully saturated rings. The molecule has 2 heterocycles. The molecule has 2 aliphatic heterocycles. The fourth-order valence-corrected chi connectivity index (χ4v) is 8.66. The first kappa shape index (κ1) is 47.4. The van der Waals surface area contributed by atoms with Crippen LogP contribution in [0.5, 0.6) is 34.5 Å². The zero-order chi connectivity index (χ0) is 47.0. The van der Waals surface area contributed by atoms with E-state index in [9.17, 15) is 18.6 Å². The molecule has 0 saturated carbocycles. The van der Waals surface area contributed by atoms with Crippen molar-refractivity contribution in [2.45, 2.75) is 72.7 Å². The standard InChI is InChI=1S/C54H58O12S/c1-53(2,38-9-19-45(20-10-38)62-33-49-35-65-49)37-5-15-43(16-6-37)59-29-42(56)30-60-48(32-64-47-23-27-52(28-24-47)67(57,58)51-25-13-41(55)14-26-51)31-61-44-17-7-39(8-18-44)54(3,4)40-11-21-46(22-12-40)63-34-50-36-66-50/h5-28,42,48-50,55-56H,29-36H2,1-4H3. The Morgan fingerprint density at radius 3 is 1.16 bits per heavy atom. The van der Waals surface area contributed by atoms with Crippen LogP contribution in [-0.2, 0) is 34.9 Å². The second-order valence-corrected chi connectivity index (χ2v) is 19.8. The number of rotatable bonds is 24. The fraction of sp³-hybridized carbons (Fsp3) is 0.333. The summed E-state index contributed by atoms with van der Waals surface area (Å²) in [5.41, 5.74) is 3.93. The van der Waals surface area contributed by atoms with Crippen LogP contribution < -0.4 is 23.7 Å². The molecule has 2 aliphatic rings. The highest BCUT2D eigenvalue weighted by molar-refractivity contribution is 7.91. The first-order chi connectivity index (χ1) is 32.2. The van der Waals surface area contributed by atoms with E-state index in [1.165, 1.54) is 36.4 Å². The second-order valence-electron chi connectivity index (χ2n) is 17.9. The fourth-order valence-electron chi connectivity index (χ4n) is 7.40. The van der Waals surface area contributed by atoms with Crippen molar-refractivity contribution >= 4 is 9.84 Å². The van der Waals surface area contributed by atoms with Crippen molar-refractivity contribution < 1.29 is 56.5 Å². The molecule has 0 bridgehead atoms. The molecule has 4 unspecified atom stereocenters. The van der Waals surface area contributed by atoms with E-state index in [0.29, 0.717) is 30.5 Å². The van der Waals surface area contributed by atoms with Crippen LogP contribution >= 0.6 is 0 Å². The topological polar surface area (TPSA) is 155 Å². The number of aliphatic hydroxyl groups excluding tert-OH is 1. The molecule has 2 N–H and O–H groups in total. The minimum absolute atomic E-state index is 0.01000. The van der Waals surface area contributed by atoms with E-state index in [-0.39, 0.29) is 65.0 Å². The van der Waals surface area contributed by atoms with Gasteiger partial charge < -0.3 is 48.1 Å². The minimum Gasteiger partial charge on any atom is -0.508 e. The zero-order valence-corrected chi connectivity index (χ0v) is 39.0. The first-order valence-corrected chi connectivity index (χ1v) is 23.9. The Balaban J connectivity index is 0.869. The number of hydrogen-bond acceptors (Lipinski definition) is 12. The van der Waals surface area contributed by atoms with E-state index >= 15 is 0 Å². The van der Waals surface area contributed by atoms with Gasteiger partial charge in [0.1, 0.15) is 91.9 Å². The van der Waals surface area contributed by atoms with Crippen LogP contribution in [0.25, 0.3) is 0 Å². The first-order valence-electron chi connectivity index (χ1n) is 22.5. The molecule has 8 rings (SSSR count). The molecular formula is C54H58O12S. The van der Waals surface area contributed by atoms with Crippen LogP contribution in [0.15, 0.2) is 155 Å². The number of aromatic hydroxyl groups is 1. The minimum atomic E-state index is -3.81. The van der Waals surface area contributed by atoms with E-state index in [4.69, 9.17) is 37.9 Å². The summed E-state index contributed by atoms with van der Waals surface area (Å²) in [5, 5.41) is 20.6. The summed E-state index contributed by atoms with van der Waals surface area (Å²) >= 11 is 0. The van der Waals surface area contributed by atoms with E-state index in [1.54, 1.807) is 12.1 Å². The second kappa shape index (κ2) is 20.8. The maximum atomic E-state index is 13.2. The molecule has 0 radical (unpaired) electrons. The molecule has 12 nitrogen and oxygen atoms in total. The Morgan fingerprint density at radius 1 is 0.493 bits per heavy atom. The lowest BCUT2D eigenvalue weighted by molar-refractivity contribution is -0.0538. The lowest BCUT2D eigenvalue weighted by Crippen LogP contribution is -2.33. The van der Waals surface area contributed by atoms with Crippen molar-refractivity contribution in [3.8, 4) is 34.5 Å². The number of epoxide rings is 2. The molecule has 0 aliphatic carbocycles. The Hall–Kier alpha value is -6.09. The van der Waals surface area contributed by atoms with Gasteiger partial charge in [-0.25, -0.2) is 8.42 Å². The quantitative estimate of drug-likeness (QED) is 0.0558. The van der Waals surface area contributed by atoms with E-state index in [0.717, 1.165) is 47.0 Å². The molecular weight excluding hydrogens is 873 g/mol. The van der Waals surface area contributed by atoms with Gasteiger partial charge in [0, 0.05) is 10.8 Å². The predicted octanol–water partition coefficient (Wildman–Crippen LogP) is 8.71. The number of sulfone groups is 1. The lowest BCUT2D eigenvalue weighted by atomic mass is 9.78. The maximum absolute atomic E-state index is 13.2. The number of phenolic OH excluding ortho intramolecular Hbond substituents is 1. The van der Waals surface area contributed by atoms with Crippen LogP contribution in [0.1, 0.15) is 49.9 Å². The normalized spacial score (nSPS) is 16.7. The van der Waals surface area contributed by atoms with Crippen LogP contribution in [0.3, 0.4) is 0 Å².